The van der Waals surface area contributed by atoms with Gasteiger partial charge in [-0.15, -0.1) is 10.2 Å². The Morgan fingerprint density at radius 3 is 2.59 bits per heavy atom. The molecule has 146 valence electrons. The van der Waals surface area contributed by atoms with Gasteiger partial charge in [0, 0.05) is 18.7 Å². The average molecular weight is 389 g/mol. The Kier molecular flexibility index (Phi) is 6.42. The van der Waals surface area contributed by atoms with Gasteiger partial charge in [0.1, 0.15) is 5.75 Å². The number of thioether (sulfide) groups is 1. The van der Waals surface area contributed by atoms with Crippen molar-refractivity contribution in [2.45, 2.75) is 56.0 Å². The fraction of sp³-hybridized carbons (Fsp3) is 0.550. The van der Waals surface area contributed by atoms with Crippen LogP contribution in [-0.4, -0.2) is 40.1 Å². The highest BCUT2D eigenvalue weighted by molar-refractivity contribution is 8.00. The lowest BCUT2D eigenvalue weighted by Gasteiger charge is -2.31. The second-order valence-corrected chi connectivity index (χ2v) is 8.42. The van der Waals surface area contributed by atoms with Crippen molar-refractivity contribution in [3.05, 3.63) is 24.3 Å². The van der Waals surface area contributed by atoms with Crippen LogP contribution < -0.4 is 10.1 Å². The van der Waals surface area contributed by atoms with Gasteiger partial charge in [0.05, 0.1) is 12.4 Å². The van der Waals surface area contributed by atoms with Gasteiger partial charge in [0.15, 0.2) is 11.0 Å². The van der Waals surface area contributed by atoms with Crippen molar-refractivity contribution in [3.63, 3.8) is 0 Å². The number of nitrogens with zero attached hydrogens (tertiary/aromatic N) is 3. The molecule has 1 aromatic heterocycles. The number of hydrogen-bond donors (Lipinski definition) is 1. The van der Waals surface area contributed by atoms with Gasteiger partial charge in [-0.2, -0.15) is 0 Å². The summed E-state index contributed by atoms with van der Waals surface area (Å²) in [6.07, 6.45) is 4.81. The summed E-state index contributed by atoms with van der Waals surface area (Å²) in [6.45, 7) is 4.21. The molecule has 7 heteroatoms. The number of benzene rings is 1. The molecular weight excluding hydrogens is 360 g/mol. The van der Waals surface area contributed by atoms with Gasteiger partial charge in [0.2, 0.25) is 5.91 Å². The number of amides is 1. The quantitative estimate of drug-likeness (QED) is 0.759. The van der Waals surface area contributed by atoms with Crippen LogP contribution in [0.15, 0.2) is 29.4 Å². The van der Waals surface area contributed by atoms with Gasteiger partial charge in [-0.3, -0.25) is 9.36 Å². The van der Waals surface area contributed by atoms with Crippen LogP contribution in [0.3, 0.4) is 0 Å². The molecule has 1 N–H and O–H groups in total. The van der Waals surface area contributed by atoms with E-state index in [0.717, 1.165) is 28.7 Å². The van der Waals surface area contributed by atoms with E-state index in [1.807, 2.05) is 31.2 Å². The first-order valence-electron chi connectivity index (χ1n) is 9.52. The zero-order valence-corrected chi connectivity index (χ0v) is 17.3. The van der Waals surface area contributed by atoms with Crippen LogP contribution in [0.2, 0.25) is 0 Å². The largest absolute Gasteiger partial charge is 0.497 e. The Balaban J connectivity index is 2.00. The molecule has 1 saturated carbocycles. The summed E-state index contributed by atoms with van der Waals surface area (Å²) < 4.78 is 7.53. The maximum Gasteiger partial charge on any atom is 0.233 e. The molecule has 0 spiro atoms. The van der Waals surface area contributed by atoms with Crippen LogP contribution in [0.4, 0.5) is 0 Å². The third kappa shape index (κ3) is 4.29. The number of methoxy groups -OCH3 is 1. The van der Waals surface area contributed by atoms with Crippen molar-refractivity contribution in [2.75, 3.05) is 14.2 Å². The Morgan fingerprint density at radius 1 is 1.26 bits per heavy atom. The lowest BCUT2D eigenvalue weighted by molar-refractivity contribution is -0.119. The molecule has 2 aromatic rings. The highest BCUT2D eigenvalue weighted by atomic mass is 32.2. The second kappa shape index (κ2) is 8.78. The van der Waals surface area contributed by atoms with Crippen LogP contribution in [-0.2, 0) is 4.79 Å². The van der Waals surface area contributed by atoms with E-state index in [1.165, 1.54) is 31.0 Å². The minimum Gasteiger partial charge on any atom is -0.497 e. The van der Waals surface area contributed by atoms with Crippen LogP contribution >= 0.6 is 11.8 Å². The summed E-state index contributed by atoms with van der Waals surface area (Å²) in [5, 5.41) is 12.3. The van der Waals surface area contributed by atoms with E-state index in [2.05, 4.69) is 27.0 Å². The Bertz CT molecular complexity index is 775. The standard InChI is InChI=1S/C20H28N4O2S/c1-13-7-5-6-8-17(13)24-18(15-9-11-16(26-4)12-10-15)22-23-20(24)27-14(2)19(25)21-3/h9-14,17H,5-8H2,1-4H3,(H,21,25)/t13-,14-,17-/m0/s1. The summed E-state index contributed by atoms with van der Waals surface area (Å²) in [5.41, 5.74) is 1.01. The predicted molar refractivity (Wildman–Crippen MR) is 108 cm³/mol. The van der Waals surface area contributed by atoms with E-state index in [9.17, 15) is 4.79 Å². The maximum absolute atomic E-state index is 12.0. The number of hydrogen-bond acceptors (Lipinski definition) is 5. The van der Waals surface area contributed by atoms with Crippen molar-refractivity contribution in [3.8, 4) is 17.1 Å². The molecular formula is C20H28N4O2S. The van der Waals surface area contributed by atoms with Crippen molar-refractivity contribution in [2.24, 2.45) is 5.92 Å². The average Bonchev–Trinajstić information content (AvgIpc) is 3.10. The number of carbonyl (C=O) groups excluding carboxylic acids is 1. The molecule has 0 radical (unpaired) electrons. The monoisotopic (exact) mass is 388 g/mol. The van der Waals surface area contributed by atoms with E-state index in [4.69, 9.17) is 4.74 Å². The van der Waals surface area contributed by atoms with Crippen molar-refractivity contribution in [1.29, 1.82) is 0 Å². The van der Waals surface area contributed by atoms with Crippen LogP contribution in [0, 0.1) is 5.92 Å². The summed E-state index contributed by atoms with van der Waals surface area (Å²) in [6, 6.07) is 8.27. The molecule has 1 aliphatic rings. The molecule has 0 unspecified atom stereocenters. The first-order chi connectivity index (χ1) is 13.0. The number of ether oxygens (including phenoxy) is 1. The molecule has 1 fully saturated rings. The van der Waals surface area contributed by atoms with Gasteiger partial charge < -0.3 is 10.1 Å². The molecule has 27 heavy (non-hydrogen) atoms. The molecule has 1 heterocycles. The summed E-state index contributed by atoms with van der Waals surface area (Å²) >= 11 is 1.47. The smallest absolute Gasteiger partial charge is 0.233 e. The zero-order valence-electron chi connectivity index (χ0n) is 16.4. The van der Waals surface area contributed by atoms with E-state index < -0.39 is 0 Å². The Labute approximate surface area is 165 Å². The molecule has 1 aliphatic carbocycles. The summed E-state index contributed by atoms with van der Waals surface area (Å²) in [4.78, 5) is 12.0. The first-order valence-corrected chi connectivity index (χ1v) is 10.4. The van der Waals surface area contributed by atoms with E-state index in [0.29, 0.717) is 12.0 Å². The fourth-order valence-corrected chi connectivity index (χ4v) is 4.65. The molecule has 0 saturated heterocycles. The van der Waals surface area contributed by atoms with Crippen LogP contribution in [0.1, 0.15) is 45.6 Å². The van der Waals surface area contributed by atoms with Gasteiger partial charge in [-0.1, -0.05) is 31.5 Å². The SMILES string of the molecule is CNC(=O)[C@H](C)Sc1nnc(-c2ccc(OC)cc2)n1[C@H]1CCCC[C@@H]1C. The van der Waals surface area contributed by atoms with Crippen LogP contribution in [0.5, 0.6) is 5.75 Å². The third-order valence-electron chi connectivity index (χ3n) is 5.31. The van der Waals surface area contributed by atoms with Gasteiger partial charge in [-0.05, 0) is 49.9 Å². The third-order valence-corrected chi connectivity index (χ3v) is 6.37. The van der Waals surface area contributed by atoms with E-state index in [-0.39, 0.29) is 11.2 Å². The predicted octanol–water partition coefficient (Wildman–Crippen LogP) is 3.93. The van der Waals surface area contributed by atoms with Gasteiger partial charge >= 0.3 is 0 Å². The molecule has 3 rings (SSSR count). The zero-order chi connectivity index (χ0) is 19.4. The maximum atomic E-state index is 12.0. The minimum absolute atomic E-state index is 0.00256. The molecule has 3 atom stereocenters. The molecule has 6 nitrogen and oxygen atoms in total. The van der Waals surface area contributed by atoms with Crippen molar-refractivity contribution < 1.29 is 9.53 Å². The van der Waals surface area contributed by atoms with Gasteiger partial charge in [0.25, 0.3) is 0 Å². The highest BCUT2D eigenvalue weighted by Gasteiger charge is 2.30. The second-order valence-electron chi connectivity index (χ2n) is 7.11. The van der Waals surface area contributed by atoms with Crippen LogP contribution in [0.25, 0.3) is 11.4 Å². The minimum atomic E-state index is -0.222. The number of rotatable bonds is 6. The number of carbonyl (C=O) groups is 1. The Hall–Kier alpha value is -2.02. The molecule has 0 bridgehead atoms. The fourth-order valence-electron chi connectivity index (χ4n) is 3.69. The molecule has 1 amide bonds. The Morgan fingerprint density at radius 2 is 1.96 bits per heavy atom. The number of aromatic nitrogens is 3. The van der Waals surface area contributed by atoms with E-state index >= 15 is 0 Å². The summed E-state index contributed by atoms with van der Waals surface area (Å²) in [5.74, 6) is 2.24. The van der Waals surface area contributed by atoms with Crippen molar-refractivity contribution in [1.82, 2.24) is 20.1 Å². The van der Waals surface area contributed by atoms with Gasteiger partial charge in [-0.25, -0.2) is 0 Å². The number of nitrogens with one attached hydrogen (secondary N) is 1. The topological polar surface area (TPSA) is 69.0 Å². The van der Waals surface area contributed by atoms with E-state index in [1.54, 1.807) is 14.2 Å². The van der Waals surface area contributed by atoms with Crippen molar-refractivity contribution >= 4 is 17.7 Å². The summed E-state index contributed by atoms with van der Waals surface area (Å²) in [7, 11) is 3.33. The lowest BCUT2D eigenvalue weighted by Crippen LogP contribution is -2.28. The normalized spacial score (nSPS) is 20.9. The first kappa shape index (κ1) is 19.7. The lowest BCUT2D eigenvalue weighted by atomic mass is 9.85. The highest BCUT2D eigenvalue weighted by Crippen LogP contribution is 2.39. The molecule has 0 aliphatic heterocycles. The molecule has 1 aromatic carbocycles.